The first-order valence-electron chi connectivity index (χ1n) is 8.69. The van der Waals surface area contributed by atoms with Crippen LogP contribution in [0.25, 0.3) is 11.3 Å². The van der Waals surface area contributed by atoms with Crippen molar-refractivity contribution in [2.45, 2.75) is 13.8 Å². The van der Waals surface area contributed by atoms with Crippen molar-refractivity contribution in [2.24, 2.45) is 5.10 Å². The Bertz CT molecular complexity index is 1150. The molecule has 1 aromatic heterocycles. The zero-order chi connectivity index (χ0) is 21.0. The molecule has 150 valence electrons. The number of hydrazone groups is 1. The summed E-state index contributed by atoms with van der Waals surface area (Å²) in [6.07, 6.45) is 1.08. The van der Waals surface area contributed by atoms with Gasteiger partial charge in [0.2, 0.25) is 10.0 Å². The summed E-state index contributed by atoms with van der Waals surface area (Å²) in [5, 5.41) is 8.13. The van der Waals surface area contributed by atoms with E-state index in [1.807, 2.05) is 30.3 Å². The van der Waals surface area contributed by atoms with Gasteiger partial charge in [-0.3, -0.25) is 9.52 Å². The van der Waals surface area contributed by atoms with E-state index >= 15 is 0 Å². The molecule has 0 saturated heterocycles. The average molecular weight is 412 g/mol. The Kier molecular flexibility index (Phi) is 5.79. The Morgan fingerprint density at radius 3 is 2.34 bits per heavy atom. The first kappa shape index (κ1) is 20.3. The number of carbonyl (C=O) groups excluding carboxylic acids is 1. The highest BCUT2D eigenvalue weighted by Gasteiger charge is 2.21. The van der Waals surface area contributed by atoms with Crippen molar-refractivity contribution in [3.05, 3.63) is 71.5 Å². The number of aryl methyl sites for hydroxylation is 1. The number of rotatable bonds is 6. The molecule has 1 amide bonds. The van der Waals surface area contributed by atoms with Crippen LogP contribution in [0.5, 0.6) is 0 Å². The van der Waals surface area contributed by atoms with Crippen LogP contribution in [0.15, 0.2) is 64.2 Å². The van der Waals surface area contributed by atoms with Crippen molar-refractivity contribution in [3.8, 4) is 11.3 Å². The highest BCUT2D eigenvalue weighted by molar-refractivity contribution is 7.92. The summed E-state index contributed by atoms with van der Waals surface area (Å²) in [5.74, 6) is -0.0391. The number of hydrogen-bond acceptors (Lipinski definition) is 6. The van der Waals surface area contributed by atoms with Gasteiger partial charge in [-0.25, -0.2) is 13.8 Å². The Hall–Kier alpha value is -3.46. The van der Waals surface area contributed by atoms with Crippen LogP contribution in [0, 0.1) is 6.92 Å². The van der Waals surface area contributed by atoms with Gasteiger partial charge in [0.1, 0.15) is 17.0 Å². The maximum Gasteiger partial charge on any atom is 0.277 e. The second-order valence-corrected chi connectivity index (χ2v) is 8.17. The van der Waals surface area contributed by atoms with Crippen molar-refractivity contribution in [3.63, 3.8) is 0 Å². The Morgan fingerprint density at radius 1 is 1.07 bits per heavy atom. The number of anilines is 1. The van der Waals surface area contributed by atoms with E-state index in [2.05, 4.69) is 20.4 Å². The van der Waals surface area contributed by atoms with Crippen LogP contribution in [0.3, 0.4) is 0 Å². The molecule has 2 aromatic carbocycles. The number of hydrogen-bond donors (Lipinski definition) is 2. The van der Waals surface area contributed by atoms with E-state index in [-0.39, 0.29) is 0 Å². The summed E-state index contributed by atoms with van der Waals surface area (Å²) in [4.78, 5) is 12.7. The highest BCUT2D eigenvalue weighted by Crippen LogP contribution is 2.24. The minimum Gasteiger partial charge on any atom is -0.360 e. The number of benzene rings is 2. The van der Waals surface area contributed by atoms with Crippen LogP contribution in [0.4, 0.5) is 5.69 Å². The highest BCUT2D eigenvalue weighted by atomic mass is 32.2. The third kappa shape index (κ3) is 5.08. The molecule has 0 aliphatic heterocycles. The maximum absolute atomic E-state index is 12.7. The van der Waals surface area contributed by atoms with Crippen molar-refractivity contribution < 1.29 is 17.7 Å². The summed E-state index contributed by atoms with van der Waals surface area (Å²) in [5.41, 5.74) is 5.79. The lowest BCUT2D eigenvalue weighted by Gasteiger charge is -2.06. The van der Waals surface area contributed by atoms with Crippen LogP contribution >= 0.6 is 0 Å². The van der Waals surface area contributed by atoms with Gasteiger partial charge in [0.05, 0.1) is 12.0 Å². The molecule has 0 radical (unpaired) electrons. The van der Waals surface area contributed by atoms with Gasteiger partial charge in [-0.2, -0.15) is 5.10 Å². The molecule has 0 bridgehead atoms. The van der Waals surface area contributed by atoms with E-state index < -0.39 is 15.9 Å². The molecule has 2 N–H and O–H groups in total. The quantitative estimate of drug-likeness (QED) is 0.477. The third-order valence-corrected chi connectivity index (χ3v) is 4.67. The summed E-state index contributed by atoms with van der Waals surface area (Å²) < 4.78 is 30.1. The number of sulfonamides is 1. The standard InChI is InChI=1S/C20H20N4O4S/c1-13(15-9-11-17(12-10-15)24-29(3,26)27)21-22-20(25)18-14(2)28-23-19(18)16-7-5-4-6-8-16/h4-12,24H,1-3H3,(H,22,25)/b21-13-. The zero-order valence-corrected chi connectivity index (χ0v) is 16.9. The van der Waals surface area contributed by atoms with Gasteiger partial charge in [-0.1, -0.05) is 47.6 Å². The van der Waals surface area contributed by atoms with E-state index in [9.17, 15) is 13.2 Å². The SMILES string of the molecule is C/C(=N/NC(=O)c1c(-c2ccccc2)noc1C)c1ccc(NS(C)(=O)=O)cc1. The first-order valence-corrected chi connectivity index (χ1v) is 10.6. The average Bonchev–Trinajstić information content (AvgIpc) is 3.07. The summed E-state index contributed by atoms with van der Waals surface area (Å²) in [6.45, 7) is 3.40. The van der Waals surface area contributed by atoms with Crippen LogP contribution in [-0.2, 0) is 10.0 Å². The van der Waals surface area contributed by atoms with Crippen molar-refractivity contribution in [2.75, 3.05) is 11.0 Å². The predicted molar refractivity (Wildman–Crippen MR) is 111 cm³/mol. The van der Waals surface area contributed by atoms with Crippen molar-refractivity contribution in [1.29, 1.82) is 0 Å². The van der Waals surface area contributed by atoms with Gasteiger partial charge >= 0.3 is 0 Å². The molecule has 0 atom stereocenters. The fourth-order valence-corrected chi connectivity index (χ4v) is 3.25. The second-order valence-electron chi connectivity index (χ2n) is 6.42. The maximum atomic E-state index is 12.7. The number of nitrogens with zero attached hydrogens (tertiary/aromatic N) is 2. The Labute approximate surface area is 168 Å². The molecule has 9 heteroatoms. The molecular formula is C20H20N4O4S. The van der Waals surface area contributed by atoms with E-state index in [0.29, 0.717) is 28.4 Å². The van der Waals surface area contributed by atoms with Crippen molar-refractivity contribution in [1.82, 2.24) is 10.6 Å². The van der Waals surface area contributed by atoms with Crippen LogP contribution in [-0.4, -0.2) is 31.4 Å². The predicted octanol–water partition coefficient (Wildman–Crippen LogP) is 3.18. The summed E-state index contributed by atoms with van der Waals surface area (Å²) >= 11 is 0. The molecular weight excluding hydrogens is 392 g/mol. The summed E-state index contributed by atoms with van der Waals surface area (Å²) in [6, 6.07) is 15.9. The molecule has 0 fully saturated rings. The molecule has 0 spiro atoms. The van der Waals surface area contributed by atoms with Gasteiger partial charge in [0.15, 0.2) is 0 Å². The monoisotopic (exact) mass is 412 g/mol. The van der Waals surface area contributed by atoms with E-state index in [1.165, 1.54) is 0 Å². The number of carbonyl (C=O) groups is 1. The van der Waals surface area contributed by atoms with Crippen LogP contribution in [0.1, 0.15) is 28.6 Å². The second kappa shape index (κ2) is 8.27. The lowest BCUT2D eigenvalue weighted by atomic mass is 10.1. The smallest absolute Gasteiger partial charge is 0.277 e. The Morgan fingerprint density at radius 2 is 1.72 bits per heavy atom. The van der Waals surface area contributed by atoms with Gasteiger partial charge < -0.3 is 4.52 Å². The number of aromatic nitrogens is 1. The van der Waals surface area contributed by atoms with Gasteiger partial charge in [-0.05, 0) is 31.5 Å². The number of amides is 1. The van der Waals surface area contributed by atoms with Crippen molar-refractivity contribution >= 4 is 27.3 Å². The molecule has 29 heavy (non-hydrogen) atoms. The Balaban J connectivity index is 1.77. The topological polar surface area (TPSA) is 114 Å². The van der Waals surface area contributed by atoms with E-state index in [4.69, 9.17) is 4.52 Å². The molecule has 0 saturated carbocycles. The minimum absolute atomic E-state index is 0.320. The molecule has 1 heterocycles. The lowest BCUT2D eigenvalue weighted by molar-refractivity contribution is 0.0954. The summed E-state index contributed by atoms with van der Waals surface area (Å²) in [7, 11) is -3.34. The molecule has 0 aliphatic carbocycles. The van der Waals surface area contributed by atoms with Crippen LogP contribution < -0.4 is 10.1 Å². The third-order valence-electron chi connectivity index (χ3n) is 4.07. The normalized spacial score (nSPS) is 11.9. The number of nitrogens with one attached hydrogen (secondary N) is 2. The van der Waals surface area contributed by atoms with E-state index in [1.54, 1.807) is 38.1 Å². The van der Waals surface area contributed by atoms with Gasteiger partial charge in [0.25, 0.3) is 5.91 Å². The molecule has 0 aliphatic rings. The molecule has 0 unspecified atom stereocenters. The first-order chi connectivity index (χ1) is 13.7. The fraction of sp³-hybridized carbons (Fsp3) is 0.150. The van der Waals surface area contributed by atoms with E-state index in [0.717, 1.165) is 17.4 Å². The molecule has 3 rings (SSSR count). The zero-order valence-electron chi connectivity index (χ0n) is 16.1. The van der Waals surface area contributed by atoms with Crippen LogP contribution in [0.2, 0.25) is 0 Å². The largest absolute Gasteiger partial charge is 0.360 e. The lowest BCUT2D eigenvalue weighted by Crippen LogP contribution is -2.20. The molecule has 8 nitrogen and oxygen atoms in total. The minimum atomic E-state index is -3.34. The molecule has 3 aromatic rings. The van der Waals surface area contributed by atoms with Gasteiger partial charge in [0, 0.05) is 11.3 Å². The van der Waals surface area contributed by atoms with Gasteiger partial charge in [-0.15, -0.1) is 0 Å². The fourth-order valence-electron chi connectivity index (χ4n) is 2.68.